The minimum absolute atomic E-state index is 0.0294. The summed E-state index contributed by atoms with van der Waals surface area (Å²) >= 11 is 0. The number of hydrogen-bond donors (Lipinski definition) is 0. The van der Waals surface area contributed by atoms with E-state index >= 15 is 0 Å². The number of carbonyl (C=O) groups excluding carboxylic acids is 1. The van der Waals surface area contributed by atoms with Crippen LogP contribution in [0.1, 0.15) is 43.2 Å². The molecular formula is C19H27NO3. The Morgan fingerprint density at radius 3 is 2.91 bits per heavy atom. The molecule has 126 valence electrons. The van der Waals surface area contributed by atoms with Gasteiger partial charge in [-0.2, -0.15) is 0 Å². The van der Waals surface area contributed by atoms with Gasteiger partial charge in [0.15, 0.2) is 0 Å². The molecule has 0 unspecified atom stereocenters. The number of hydrogen-bond acceptors (Lipinski definition) is 3. The summed E-state index contributed by atoms with van der Waals surface area (Å²) in [6.45, 7) is 7.00. The minimum atomic E-state index is -0.0294. The van der Waals surface area contributed by atoms with Crippen LogP contribution in [0.25, 0.3) is 0 Å². The van der Waals surface area contributed by atoms with Crippen molar-refractivity contribution < 1.29 is 14.3 Å². The molecule has 23 heavy (non-hydrogen) atoms. The lowest BCUT2D eigenvalue weighted by molar-refractivity contribution is -0.131. The molecule has 2 fully saturated rings. The third-order valence-electron chi connectivity index (χ3n) is 5.34. The fourth-order valence-corrected chi connectivity index (χ4v) is 3.61. The zero-order valence-electron chi connectivity index (χ0n) is 14.3. The maximum absolute atomic E-state index is 12.3. The van der Waals surface area contributed by atoms with Crippen LogP contribution in [0.2, 0.25) is 0 Å². The van der Waals surface area contributed by atoms with E-state index in [2.05, 4.69) is 19.9 Å². The van der Waals surface area contributed by atoms with Gasteiger partial charge in [-0.25, -0.2) is 0 Å². The van der Waals surface area contributed by atoms with E-state index in [9.17, 15) is 4.79 Å². The van der Waals surface area contributed by atoms with Crippen molar-refractivity contribution in [1.82, 2.24) is 4.90 Å². The third kappa shape index (κ3) is 3.69. The molecule has 0 aromatic heterocycles. The van der Waals surface area contributed by atoms with Gasteiger partial charge in [0.05, 0.1) is 12.1 Å². The highest BCUT2D eigenvalue weighted by Crippen LogP contribution is 2.35. The zero-order valence-corrected chi connectivity index (χ0v) is 14.3. The van der Waals surface area contributed by atoms with Gasteiger partial charge in [-0.3, -0.25) is 4.79 Å². The molecule has 0 radical (unpaired) electrons. The molecule has 0 aliphatic carbocycles. The summed E-state index contributed by atoms with van der Waals surface area (Å²) < 4.78 is 11.9. The molecule has 3 rings (SSSR count). The highest BCUT2D eigenvalue weighted by molar-refractivity contribution is 5.76. The topological polar surface area (TPSA) is 38.8 Å². The summed E-state index contributed by atoms with van der Waals surface area (Å²) in [5, 5.41) is 0. The standard InChI is InChI=1S/C19H27NO3/c1-15-5-3-6-17(16(15)2)22-14-12-20-11-10-19(8-4-13-23-19)9-7-18(20)21/h3,5-6H,4,7-14H2,1-2H3/t19-/m0/s1. The van der Waals surface area contributed by atoms with Crippen LogP contribution in [0.3, 0.4) is 0 Å². The second-order valence-corrected chi connectivity index (χ2v) is 6.81. The van der Waals surface area contributed by atoms with Crippen LogP contribution in [0.4, 0.5) is 0 Å². The van der Waals surface area contributed by atoms with E-state index in [-0.39, 0.29) is 11.5 Å². The minimum Gasteiger partial charge on any atom is -0.491 e. The van der Waals surface area contributed by atoms with E-state index in [1.165, 1.54) is 11.1 Å². The van der Waals surface area contributed by atoms with Crippen molar-refractivity contribution in [3.8, 4) is 5.75 Å². The summed E-state index contributed by atoms with van der Waals surface area (Å²) in [5.41, 5.74) is 2.37. The van der Waals surface area contributed by atoms with Gasteiger partial charge in [0.2, 0.25) is 5.91 Å². The summed E-state index contributed by atoms with van der Waals surface area (Å²) in [4.78, 5) is 14.3. The molecule has 2 saturated heterocycles. The Labute approximate surface area is 138 Å². The Kier molecular flexibility index (Phi) is 4.90. The average molecular weight is 317 g/mol. The van der Waals surface area contributed by atoms with Gasteiger partial charge in [-0.1, -0.05) is 12.1 Å². The third-order valence-corrected chi connectivity index (χ3v) is 5.34. The van der Waals surface area contributed by atoms with Gasteiger partial charge in [0.25, 0.3) is 0 Å². The van der Waals surface area contributed by atoms with E-state index in [1.807, 2.05) is 17.0 Å². The molecule has 2 aliphatic rings. The summed E-state index contributed by atoms with van der Waals surface area (Å²) in [6, 6.07) is 6.09. The Morgan fingerprint density at radius 2 is 2.13 bits per heavy atom. The highest BCUT2D eigenvalue weighted by Gasteiger charge is 2.38. The first-order chi connectivity index (χ1) is 11.1. The van der Waals surface area contributed by atoms with Crippen molar-refractivity contribution in [2.24, 2.45) is 0 Å². The summed E-state index contributed by atoms with van der Waals surface area (Å²) in [7, 11) is 0. The van der Waals surface area contributed by atoms with Crippen LogP contribution in [0.5, 0.6) is 5.75 Å². The number of aryl methyl sites for hydroxylation is 1. The predicted molar refractivity (Wildman–Crippen MR) is 89.8 cm³/mol. The molecular weight excluding hydrogens is 290 g/mol. The molecule has 1 spiro atoms. The van der Waals surface area contributed by atoms with Crippen LogP contribution in [-0.2, 0) is 9.53 Å². The van der Waals surface area contributed by atoms with Crippen LogP contribution in [-0.4, -0.2) is 42.7 Å². The van der Waals surface area contributed by atoms with Gasteiger partial charge in [0, 0.05) is 19.6 Å². The molecule has 1 aromatic carbocycles. The van der Waals surface area contributed by atoms with Crippen LogP contribution in [0.15, 0.2) is 18.2 Å². The molecule has 2 aliphatic heterocycles. The monoisotopic (exact) mass is 317 g/mol. The van der Waals surface area contributed by atoms with Crippen LogP contribution >= 0.6 is 0 Å². The fourth-order valence-electron chi connectivity index (χ4n) is 3.61. The van der Waals surface area contributed by atoms with Gasteiger partial charge in [-0.05, 0) is 56.7 Å². The van der Waals surface area contributed by atoms with E-state index in [4.69, 9.17) is 9.47 Å². The van der Waals surface area contributed by atoms with E-state index < -0.39 is 0 Å². The van der Waals surface area contributed by atoms with Crippen molar-refractivity contribution in [3.63, 3.8) is 0 Å². The Hall–Kier alpha value is -1.55. The average Bonchev–Trinajstić information content (AvgIpc) is 2.95. The number of carbonyl (C=O) groups is 1. The molecule has 0 N–H and O–H groups in total. The van der Waals surface area contributed by atoms with Crippen molar-refractivity contribution in [1.29, 1.82) is 0 Å². The highest BCUT2D eigenvalue weighted by atomic mass is 16.5. The molecule has 1 aromatic rings. The molecule has 4 heteroatoms. The second kappa shape index (κ2) is 6.91. The Bertz CT molecular complexity index is 564. The first-order valence-electron chi connectivity index (χ1n) is 8.70. The van der Waals surface area contributed by atoms with Gasteiger partial charge < -0.3 is 14.4 Å². The van der Waals surface area contributed by atoms with Gasteiger partial charge >= 0.3 is 0 Å². The van der Waals surface area contributed by atoms with Gasteiger partial charge in [-0.15, -0.1) is 0 Å². The number of rotatable bonds is 4. The maximum atomic E-state index is 12.3. The number of ether oxygens (including phenoxy) is 2. The lowest BCUT2D eigenvalue weighted by Gasteiger charge is -2.26. The lowest BCUT2D eigenvalue weighted by atomic mass is 9.92. The van der Waals surface area contributed by atoms with Crippen molar-refractivity contribution in [2.45, 2.75) is 51.6 Å². The number of likely N-dealkylation sites (tertiary alicyclic amines) is 1. The van der Waals surface area contributed by atoms with Crippen molar-refractivity contribution in [2.75, 3.05) is 26.3 Å². The lowest BCUT2D eigenvalue weighted by Crippen LogP contribution is -2.35. The summed E-state index contributed by atoms with van der Waals surface area (Å²) in [5.74, 6) is 1.16. The second-order valence-electron chi connectivity index (χ2n) is 6.81. The van der Waals surface area contributed by atoms with Crippen LogP contribution < -0.4 is 4.74 Å². The molecule has 0 saturated carbocycles. The van der Waals surface area contributed by atoms with E-state index in [0.29, 0.717) is 19.6 Å². The largest absolute Gasteiger partial charge is 0.491 e. The van der Waals surface area contributed by atoms with E-state index in [1.54, 1.807) is 0 Å². The molecule has 1 atom stereocenters. The predicted octanol–water partition coefficient (Wildman–Crippen LogP) is 3.24. The first-order valence-corrected chi connectivity index (χ1v) is 8.70. The van der Waals surface area contributed by atoms with Gasteiger partial charge in [0.1, 0.15) is 12.4 Å². The summed E-state index contributed by atoms with van der Waals surface area (Å²) in [6.07, 6.45) is 4.67. The molecule has 4 nitrogen and oxygen atoms in total. The smallest absolute Gasteiger partial charge is 0.222 e. The molecule has 0 bridgehead atoms. The molecule has 1 amide bonds. The van der Waals surface area contributed by atoms with E-state index in [0.717, 1.165) is 44.6 Å². The quantitative estimate of drug-likeness (QED) is 0.856. The molecule has 2 heterocycles. The van der Waals surface area contributed by atoms with Crippen molar-refractivity contribution in [3.05, 3.63) is 29.3 Å². The number of benzene rings is 1. The van der Waals surface area contributed by atoms with Crippen molar-refractivity contribution >= 4 is 5.91 Å². The Balaban J connectivity index is 1.53. The number of amides is 1. The normalized spacial score (nSPS) is 25.0. The fraction of sp³-hybridized carbons (Fsp3) is 0.632. The number of nitrogens with zero attached hydrogens (tertiary/aromatic N) is 1. The Morgan fingerprint density at radius 1 is 1.26 bits per heavy atom. The van der Waals surface area contributed by atoms with Crippen LogP contribution in [0, 0.1) is 13.8 Å². The first kappa shape index (κ1) is 16.3. The SMILES string of the molecule is Cc1cccc(OCCN2CC[C@]3(CCCO3)CCC2=O)c1C. The zero-order chi connectivity index (χ0) is 16.3. The maximum Gasteiger partial charge on any atom is 0.222 e.